The molecule has 3 aromatic rings. The molecule has 0 saturated heterocycles. The summed E-state index contributed by atoms with van der Waals surface area (Å²) in [4.78, 5) is 16.5. The van der Waals surface area contributed by atoms with Crippen LogP contribution >= 0.6 is 0 Å². The largest absolute Gasteiger partial charge is 0.481 e. The summed E-state index contributed by atoms with van der Waals surface area (Å²) in [7, 11) is 1.56. The van der Waals surface area contributed by atoms with Gasteiger partial charge in [0, 0.05) is 11.1 Å². The lowest BCUT2D eigenvalue weighted by atomic mass is 9.88. The summed E-state index contributed by atoms with van der Waals surface area (Å²) in [5.41, 5.74) is 8.12. The molecule has 1 heterocycles. The number of methoxy groups -OCH3 is 1. The van der Waals surface area contributed by atoms with Crippen molar-refractivity contribution >= 4 is 16.7 Å². The number of primary amides is 1. The number of rotatable bonds is 5. The maximum atomic E-state index is 11.8. The number of amides is 1. The second-order valence-electron chi connectivity index (χ2n) is 6.48. The van der Waals surface area contributed by atoms with E-state index in [4.69, 9.17) is 10.5 Å². The highest BCUT2D eigenvalue weighted by Gasteiger charge is 2.26. The topological polar surface area (TPSA) is 65.2 Å². The predicted octanol–water partition coefficient (Wildman–Crippen LogP) is 4.14. The van der Waals surface area contributed by atoms with E-state index in [0.29, 0.717) is 5.88 Å². The molecular weight excluding hydrogens is 312 g/mol. The molecule has 128 valence electrons. The molecule has 0 aliphatic rings. The smallest absolute Gasteiger partial charge is 0.225 e. The van der Waals surface area contributed by atoms with E-state index < -0.39 is 5.92 Å². The SMILES string of the molecule is COc1nc(-c2ccc3ccccc3c2)ccc1C(C(N)=O)C(C)C. The van der Waals surface area contributed by atoms with Crippen LogP contribution in [0.1, 0.15) is 25.3 Å². The highest BCUT2D eigenvalue weighted by atomic mass is 16.5. The number of hydrogen-bond donors (Lipinski definition) is 1. The molecule has 0 spiro atoms. The summed E-state index contributed by atoms with van der Waals surface area (Å²) in [5.74, 6) is -0.274. The molecule has 4 nitrogen and oxygen atoms in total. The second kappa shape index (κ2) is 6.93. The fourth-order valence-electron chi connectivity index (χ4n) is 3.20. The Labute approximate surface area is 147 Å². The molecule has 0 aliphatic heterocycles. The number of ether oxygens (including phenoxy) is 1. The van der Waals surface area contributed by atoms with E-state index in [2.05, 4.69) is 29.2 Å². The van der Waals surface area contributed by atoms with Crippen LogP contribution in [0.2, 0.25) is 0 Å². The molecule has 1 unspecified atom stereocenters. The molecule has 2 N–H and O–H groups in total. The number of carbonyl (C=O) groups is 1. The summed E-state index contributed by atoms with van der Waals surface area (Å²) < 4.78 is 5.46. The van der Waals surface area contributed by atoms with E-state index in [1.54, 1.807) is 7.11 Å². The molecule has 3 rings (SSSR count). The monoisotopic (exact) mass is 334 g/mol. The lowest BCUT2D eigenvalue weighted by Crippen LogP contribution is -2.26. The Morgan fingerprint density at radius 3 is 2.40 bits per heavy atom. The van der Waals surface area contributed by atoms with Gasteiger partial charge in [-0.1, -0.05) is 56.3 Å². The van der Waals surface area contributed by atoms with Crippen LogP contribution < -0.4 is 10.5 Å². The summed E-state index contributed by atoms with van der Waals surface area (Å²) in [5, 5.41) is 2.34. The van der Waals surface area contributed by atoms with E-state index in [9.17, 15) is 4.79 Å². The Morgan fingerprint density at radius 1 is 1.04 bits per heavy atom. The van der Waals surface area contributed by atoms with Crippen LogP contribution in [0.3, 0.4) is 0 Å². The summed E-state index contributed by atoms with van der Waals surface area (Å²) >= 11 is 0. The Bertz CT molecular complexity index is 919. The molecule has 0 saturated carbocycles. The Hall–Kier alpha value is -2.88. The van der Waals surface area contributed by atoms with Gasteiger partial charge in [-0.15, -0.1) is 0 Å². The van der Waals surface area contributed by atoms with Crippen molar-refractivity contribution in [2.24, 2.45) is 11.7 Å². The third-order valence-electron chi connectivity index (χ3n) is 4.44. The van der Waals surface area contributed by atoms with Crippen molar-refractivity contribution in [2.75, 3.05) is 7.11 Å². The van der Waals surface area contributed by atoms with Crippen LogP contribution in [0.4, 0.5) is 0 Å². The highest BCUT2D eigenvalue weighted by molar-refractivity contribution is 5.87. The zero-order chi connectivity index (χ0) is 18.0. The number of pyridine rings is 1. The minimum atomic E-state index is -0.423. The second-order valence-corrected chi connectivity index (χ2v) is 6.48. The van der Waals surface area contributed by atoms with Gasteiger partial charge in [-0.2, -0.15) is 0 Å². The Balaban J connectivity index is 2.07. The van der Waals surface area contributed by atoms with Gasteiger partial charge < -0.3 is 10.5 Å². The number of aromatic nitrogens is 1. The van der Waals surface area contributed by atoms with Crippen molar-refractivity contribution in [1.82, 2.24) is 4.98 Å². The third-order valence-corrected chi connectivity index (χ3v) is 4.44. The van der Waals surface area contributed by atoms with Gasteiger partial charge in [-0.3, -0.25) is 4.79 Å². The fourth-order valence-corrected chi connectivity index (χ4v) is 3.20. The van der Waals surface area contributed by atoms with E-state index in [-0.39, 0.29) is 11.8 Å². The number of nitrogens with two attached hydrogens (primary N) is 1. The number of hydrogen-bond acceptors (Lipinski definition) is 3. The molecule has 0 fully saturated rings. The van der Waals surface area contributed by atoms with Gasteiger partial charge in [0.15, 0.2) is 0 Å². The minimum Gasteiger partial charge on any atom is -0.481 e. The van der Waals surface area contributed by atoms with Crippen LogP contribution in [-0.4, -0.2) is 18.0 Å². The molecular formula is C21H22N2O2. The maximum absolute atomic E-state index is 11.8. The van der Waals surface area contributed by atoms with Crippen molar-refractivity contribution in [2.45, 2.75) is 19.8 Å². The zero-order valence-corrected chi connectivity index (χ0v) is 14.7. The molecule has 0 bridgehead atoms. The molecule has 1 aromatic heterocycles. The molecule has 4 heteroatoms. The first-order valence-corrected chi connectivity index (χ1v) is 8.34. The first-order valence-electron chi connectivity index (χ1n) is 8.34. The van der Waals surface area contributed by atoms with E-state index in [1.807, 2.05) is 44.2 Å². The predicted molar refractivity (Wildman–Crippen MR) is 101 cm³/mol. The lowest BCUT2D eigenvalue weighted by Gasteiger charge is -2.20. The summed E-state index contributed by atoms with van der Waals surface area (Å²) in [6.45, 7) is 3.93. The summed E-state index contributed by atoms with van der Waals surface area (Å²) in [6, 6.07) is 18.2. The number of nitrogens with zero attached hydrogens (tertiary/aromatic N) is 1. The van der Waals surface area contributed by atoms with Crippen LogP contribution in [0.5, 0.6) is 5.88 Å². The molecule has 1 atom stereocenters. The minimum absolute atomic E-state index is 0.0692. The number of carbonyl (C=O) groups excluding carboxylic acids is 1. The third kappa shape index (κ3) is 3.33. The van der Waals surface area contributed by atoms with Crippen molar-refractivity contribution in [3.63, 3.8) is 0 Å². The van der Waals surface area contributed by atoms with Gasteiger partial charge in [0.1, 0.15) is 0 Å². The molecule has 2 aromatic carbocycles. The van der Waals surface area contributed by atoms with E-state index in [1.165, 1.54) is 5.39 Å². The maximum Gasteiger partial charge on any atom is 0.225 e. The Morgan fingerprint density at radius 2 is 1.76 bits per heavy atom. The normalized spacial score (nSPS) is 12.3. The van der Waals surface area contributed by atoms with Crippen LogP contribution in [0, 0.1) is 5.92 Å². The lowest BCUT2D eigenvalue weighted by molar-refractivity contribution is -0.120. The van der Waals surface area contributed by atoms with Gasteiger partial charge in [0.25, 0.3) is 0 Å². The molecule has 0 radical (unpaired) electrons. The van der Waals surface area contributed by atoms with Gasteiger partial charge in [-0.05, 0) is 28.8 Å². The number of benzene rings is 2. The fraction of sp³-hybridized carbons (Fsp3) is 0.238. The summed E-state index contributed by atoms with van der Waals surface area (Å²) in [6.07, 6.45) is 0. The first-order chi connectivity index (χ1) is 12.0. The van der Waals surface area contributed by atoms with Gasteiger partial charge in [0.2, 0.25) is 11.8 Å². The van der Waals surface area contributed by atoms with Crippen molar-refractivity contribution in [3.05, 3.63) is 60.2 Å². The molecule has 1 amide bonds. The number of fused-ring (bicyclic) bond motifs is 1. The van der Waals surface area contributed by atoms with Crippen LogP contribution in [0.15, 0.2) is 54.6 Å². The van der Waals surface area contributed by atoms with Crippen LogP contribution in [-0.2, 0) is 4.79 Å². The van der Waals surface area contributed by atoms with Crippen molar-refractivity contribution < 1.29 is 9.53 Å². The first kappa shape index (κ1) is 17.0. The van der Waals surface area contributed by atoms with Crippen molar-refractivity contribution in [3.8, 4) is 17.1 Å². The van der Waals surface area contributed by atoms with Crippen LogP contribution in [0.25, 0.3) is 22.0 Å². The zero-order valence-electron chi connectivity index (χ0n) is 14.7. The van der Waals surface area contributed by atoms with E-state index >= 15 is 0 Å². The van der Waals surface area contributed by atoms with Crippen molar-refractivity contribution in [1.29, 1.82) is 0 Å². The van der Waals surface area contributed by atoms with Gasteiger partial charge in [0.05, 0.1) is 18.7 Å². The van der Waals surface area contributed by atoms with Gasteiger partial charge in [-0.25, -0.2) is 4.98 Å². The Kier molecular flexibility index (Phi) is 4.70. The average Bonchev–Trinajstić information content (AvgIpc) is 2.61. The molecule has 25 heavy (non-hydrogen) atoms. The average molecular weight is 334 g/mol. The molecule has 0 aliphatic carbocycles. The standard InChI is InChI=1S/C21H22N2O2/c1-13(2)19(20(22)24)17-10-11-18(23-21(17)25-3)16-9-8-14-6-4-5-7-15(14)12-16/h4-13,19H,1-3H3,(H2,22,24). The van der Waals surface area contributed by atoms with Gasteiger partial charge >= 0.3 is 0 Å². The highest BCUT2D eigenvalue weighted by Crippen LogP contribution is 2.33. The van der Waals surface area contributed by atoms with E-state index in [0.717, 1.165) is 22.2 Å². The quantitative estimate of drug-likeness (QED) is 0.763.